The number of likely N-dealkylation sites (tertiary alicyclic amines) is 1. The molecular formula is C15H18ClN5O3. The Hall–Kier alpha value is -2.45. The molecule has 0 saturated carbocycles. The summed E-state index contributed by atoms with van der Waals surface area (Å²) in [4.78, 5) is 24.4. The van der Waals surface area contributed by atoms with Gasteiger partial charge in [-0.2, -0.15) is 5.10 Å². The summed E-state index contributed by atoms with van der Waals surface area (Å²) in [5.41, 5.74) is 6.83. The Morgan fingerprint density at radius 1 is 1.38 bits per heavy atom. The van der Waals surface area contributed by atoms with Gasteiger partial charge in [0.15, 0.2) is 0 Å². The number of nitro benzene ring substituents is 1. The first-order valence-corrected chi connectivity index (χ1v) is 7.37. The zero-order chi connectivity index (χ0) is 16.4. The lowest BCUT2D eigenvalue weighted by Crippen LogP contribution is -2.29. The maximum Gasteiger partial charge on any atom is 0.269 e. The van der Waals surface area contributed by atoms with Crippen LogP contribution in [-0.2, 0) is 0 Å². The van der Waals surface area contributed by atoms with E-state index in [1.54, 1.807) is 23.2 Å². The van der Waals surface area contributed by atoms with Crippen molar-refractivity contribution in [3.8, 4) is 5.69 Å². The van der Waals surface area contributed by atoms with Crippen LogP contribution in [0.5, 0.6) is 0 Å². The molecule has 3 rings (SSSR count). The van der Waals surface area contributed by atoms with Crippen molar-refractivity contribution in [2.75, 3.05) is 19.6 Å². The van der Waals surface area contributed by atoms with Crippen molar-refractivity contribution in [1.82, 2.24) is 14.7 Å². The van der Waals surface area contributed by atoms with Gasteiger partial charge in [0.05, 0.1) is 22.4 Å². The standard InChI is InChI=1S/C15H17N5O3.ClH/c16-7-11-5-6-18(9-11)15(21)12-8-17-19(10-12)13-1-3-14(4-2-13)20(22)23;/h1-4,8,10-11H,5-7,9,16H2;1H. The summed E-state index contributed by atoms with van der Waals surface area (Å²) >= 11 is 0. The molecule has 1 unspecified atom stereocenters. The van der Waals surface area contributed by atoms with Gasteiger partial charge in [0.2, 0.25) is 0 Å². The van der Waals surface area contributed by atoms with Crippen molar-refractivity contribution in [3.05, 3.63) is 52.3 Å². The molecule has 2 aromatic rings. The van der Waals surface area contributed by atoms with Gasteiger partial charge in [0, 0.05) is 31.4 Å². The van der Waals surface area contributed by atoms with E-state index in [2.05, 4.69) is 5.10 Å². The SMILES string of the molecule is Cl.NCC1CCN(C(=O)c2cnn(-c3ccc([N+](=O)[O-])cc3)c2)C1. The molecular weight excluding hydrogens is 334 g/mol. The van der Waals surface area contributed by atoms with Gasteiger partial charge >= 0.3 is 0 Å². The number of hydrogen-bond acceptors (Lipinski definition) is 5. The normalized spacial score (nSPS) is 16.7. The van der Waals surface area contributed by atoms with Crippen LogP contribution in [0.15, 0.2) is 36.7 Å². The second-order valence-electron chi connectivity index (χ2n) is 5.59. The van der Waals surface area contributed by atoms with Crippen molar-refractivity contribution in [2.45, 2.75) is 6.42 Å². The second-order valence-corrected chi connectivity index (χ2v) is 5.59. The van der Waals surface area contributed by atoms with Gasteiger partial charge in [-0.05, 0) is 31.0 Å². The number of hydrogen-bond donors (Lipinski definition) is 1. The average molecular weight is 352 g/mol. The monoisotopic (exact) mass is 351 g/mol. The second kappa shape index (κ2) is 7.41. The van der Waals surface area contributed by atoms with Gasteiger partial charge in [0.25, 0.3) is 11.6 Å². The minimum Gasteiger partial charge on any atom is -0.338 e. The molecule has 0 aliphatic carbocycles. The van der Waals surface area contributed by atoms with Crippen molar-refractivity contribution in [3.63, 3.8) is 0 Å². The van der Waals surface area contributed by atoms with E-state index in [1.165, 1.54) is 23.0 Å². The Morgan fingerprint density at radius 2 is 2.08 bits per heavy atom. The van der Waals surface area contributed by atoms with Crippen LogP contribution >= 0.6 is 12.4 Å². The number of amides is 1. The number of non-ortho nitro benzene ring substituents is 1. The van der Waals surface area contributed by atoms with Crippen LogP contribution in [0.4, 0.5) is 5.69 Å². The predicted molar refractivity (Wildman–Crippen MR) is 90.5 cm³/mol. The van der Waals surface area contributed by atoms with Crippen LogP contribution in [0.1, 0.15) is 16.8 Å². The zero-order valence-corrected chi connectivity index (χ0v) is 13.7. The minimum atomic E-state index is -0.455. The number of nitro groups is 1. The van der Waals surface area contributed by atoms with Gasteiger partial charge in [-0.1, -0.05) is 0 Å². The fraction of sp³-hybridized carbons (Fsp3) is 0.333. The number of nitrogens with two attached hydrogens (primary N) is 1. The average Bonchev–Trinajstić information content (AvgIpc) is 3.23. The van der Waals surface area contributed by atoms with E-state index in [0.29, 0.717) is 36.8 Å². The third kappa shape index (κ3) is 3.55. The molecule has 1 saturated heterocycles. The number of halogens is 1. The fourth-order valence-corrected chi connectivity index (χ4v) is 2.69. The molecule has 0 bridgehead atoms. The molecule has 0 radical (unpaired) electrons. The van der Waals surface area contributed by atoms with E-state index in [-0.39, 0.29) is 24.0 Å². The zero-order valence-electron chi connectivity index (χ0n) is 12.9. The molecule has 24 heavy (non-hydrogen) atoms. The summed E-state index contributed by atoms with van der Waals surface area (Å²) in [7, 11) is 0. The van der Waals surface area contributed by atoms with Crippen LogP contribution in [0.2, 0.25) is 0 Å². The van der Waals surface area contributed by atoms with Crippen LogP contribution in [0.25, 0.3) is 5.69 Å². The number of carbonyl (C=O) groups excluding carboxylic acids is 1. The molecule has 1 amide bonds. The molecule has 1 aromatic heterocycles. The predicted octanol–water partition coefficient (Wildman–Crippen LogP) is 1.62. The Labute approximate surface area is 144 Å². The molecule has 128 valence electrons. The molecule has 2 N–H and O–H groups in total. The molecule has 1 aliphatic heterocycles. The Kier molecular flexibility index (Phi) is 5.53. The van der Waals surface area contributed by atoms with E-state index in [0.717, 1.165) is 6.42 Å². The van der Waals surface area contributed by atoms with Gasteiger partial charge in [-0.15, -0.1) is 12.4 Å². The molecule has 9 heteroatoms. The van der Waals surface area contributed by atoms with Gasteiger partial charge < -0.3 is 10.6 Å². The van der Waals surface area contributed by atoms with Gasteiger partial charge in [0.1, 0.15) is 0 Å². The maximum atomic E-state index is 12.4. The van der Waals surface area contributed by atoms with E-state index in [1.807, 2.05) is 0 Å². The van der Waals surface area contributed by atoms with E-state index in [4.69, 9.17) is 5.73 Å². The molecule has 2 heterocycles. The number of carbonyl (C=O) groups is 1. The number of benzene rings is 1. The third-order valence-corrected chi connectivity index (χ3v) is 4.06. The van der Waals surface area contributed by atoms with Crippen molar-refractivity contribution < 1.29 is 9.72 Å². The first-order chi connectivity index (χ1) is 11.1. The Morgan fingerprint density at radius 3 is 2.67 bits per heavy atom. The highest BCUT2D eigenvalue weighted by atomic mass is 35.5. The van der Waals surface area contributed by atoms with Crippen LogP contribution in [0, 0.1) is 16.0 Å². The Balaban J connectivity index is 0.00000208. The summed E-state index contributed by atoms with van der Waals surface area (Å²) in [6.07, 6.45) is 4.08. The number of rotatable bonds is 4. The summed E-state index contributed by atoms with van der Waals surface area (Å²) in [6, 6.07) is 6.01. The molecule has 8 nitrogen and oxygen atoms in total. The fourth-order valence-electron chi connectivity index (χ4n) is 2.69. The highest BCUT2D eigenvalue weighted by Gasteiger charge is 2.26. The van der Waals surface area contributed by atoms with E-state index >= 15 is 0 Å². The van der Waals surface area contributed by atoms with Crippen molar-refractivity contribution in [1.29, 1.82) is 0 Å². The molecule has 0 spiro atoms. The summed E-state index contributed by atoms with van der Waals surface area (Å²) in [5.74, 6) is 0.303. The van der Waals surface area contributed by atoms with Crippen molar-refractivity contribution >= 4 is 24.0 Å². The van der Waals surface area contributed by atoms with E-state index < -0.39 is 4.92 Å². The van der Waals surface area contributed by atoms with Crippen LogP contribution in [0.3, 0.4) is 0 Å². The van der Waals surface area contributed by atoms with Gasteiger partial charge in [-0.25, -0.2) is 4.68 Å². The smallest absolute Gasteiger partial charge is 0.269 e. The molecule has 1 aromatic carbocycles. The molecule has 1 atom stereocenters. The van der Waals surface area contributed by atoms with Crippen LogP contribution < -0.4 is 5.73 Å². The summed E-state index contributed by atoms with van der Waals surface area (Å²) < 4.78 is 1.54. The lowest BCUT2D eigenvalue weighted by atomic mass is 10.1. The van der Waals surface area contributed by atoms with E-state index in [9.17, 15) is 14.9 Å². The topological polar surface area (TPSA) is 107 Å². The minimum absolute atomic E-state index is 0. The first kappa shape index (κ1) is 17.9. The third-order valence-electron chi connectivity index (χ3n) is 4.06. The highest BCUT2D eigenvalue weighted by Crippen LogP contribution is 2.19. The summed E-state index contributed by atoms with van der Waals surface area (Å²) in [6.45, 7) is 1.98. The lowest BCUT2D eigenvalue weighted by molar-refractivity contribution is -0.384. The lowest BCUT2D eigenvalue weighted by Gasteiger charge is -2.14. The first-order valence-electron chi connectivity index (χ1n) is 7.37. The number of aromatic nitrogens is 2. The van der Waals surface area contributed by atoms with Crippen molar-refractivity contribution in [2.24, 2.45) is 11.7 Å². The quantitative estimate of drug-likeness (QED) is 0.665. The summed E-state index contributed by atoms with van der Waals surface area (Å²) in [5, 5.41) is 14.8. The number of nitrogens with zero attached hydrogens (tertiary/aromatic N) is 4. The molecule has 1 aliphatic rings. The molecule has 1 fully saturated rings. The highest BCUT2D eigenvalue weighted by molar-refractivity contribution is 5.94. The Bertz CT molecular complexity index is 731. The van der Waals surface area contributed by atoms with Gasteiger partial charge in [-0.3, -0.25) is 14.9 Å². The maximum absolute atomic E-state index is 12.4. The van der Waals surface area contributed by atoms with Crippen LogP contribution in [-0.4, -0.2) is 45.1 Å². The largest absolute Gasteiger partial charge is 0.338 e.